The van der Waals surface area contributed by atoms with Crippen LogP contribution >= 0.6 is 0 Å². The smallest absolute Gasteiger partial charge is 0.150 e. The highest BCUT2D eigenvalue weighted by atomic mass is 15.2. The zero-order valence-electron chi connectivity index (χ0n) is 10.3. The molecule has 0 spiro atoms. The lowest BCUT2D eigenvalue weighted by Crippen LogP contribution is -2.16. The van der Waals surface area contributed by atoms with Crippen LogP contribution in [-0.2, 0) is 6.42 Å². The topological polar surface area (TPSA) is 77.3 Å². The lowest BCUT2D eigenvalue weighted by atomic mass is 10.0. The number of rotatable bonds is 3. The Hall–Kier alpha value is -2.36. The highest BCUT2D eigenvalue weighted by Gasteiger charge is 2.08. The minimum atomic E-state index is 0.312. The molecule has 4 heteroatoms. The number of aryl methyl sites for hydroxylation is 1. The summed E-state index contributed by atoms with van der Waals surface area (Å²) in [4.78, 5) is 4.45. The maximum Gasteiger partial charge on any atom is 0.150 e. The molecular weight excluding hydrogens is 224 g/mol. The second-order valence-electron chi connectivity index (χ2n) is 3.97. The predicted molar refractivity (Wildman–Crippen MR) is 74.0 cm³/mol. The second kappa shape index (κ2) is 5.31. The van der Waals surface area contributed by atoms with Gasteiger partial charge in [-0.15, -0.1) is 0 Å². The molecule has 0 aliphatic rings. The molecule has 0 aliphatic carbocycles. The number of benzene rings is 1. The Bertz CT molecular complexity index is 558. The van der Waals surface area contributed by atoms with Crippen molar-refractivity contribution in [2.45, 2.75) is 13.3 Å². The summed E-state index contributed by atoms with van der Waals surface area (Å²) in [6, 6.07) is 11.7. The Morgan fingerprint density at radius 2 is 2.00 bits per heavy atom. The molecule has 18 heavy (non-hydrogen) atoms. The van der Waals surface area contributed by atoms with Crippen molar-refractivity contribution in [3.63, 3.8) is 0 Å². The summed E-state index contributed by atoms with van der Waals surface area (Å²) >= 11 is 0. The Morgan fingerprint density at radius 1 is 1.22 bits per heavy atom. The number of hydrogen-bond acceptors (Lipinski definition) is 3. The molecular formula is C14H16N4. The summed E-state index contributed by atoms with van der Waals surface area (Å²) in [5.41, 5.74) is 9.60. The summed E-state index contributed by atoms with van der Waals surface area (Å²) in [5.74, 6) is 5.55. The van der Waals surface area contributed by atoms with Gasteiger partial charge in [0.05, 0.1) is 5.69 Å². The zero-order chi connectivity index (χ0) is 13.0. The van der Waals surface area contributed by atoms with Gasteiger partial charge in [-0.3, -0.25) is 4.98 Å². The van der Waals surface area contributed by atoms with E-state index in [9.17, 15) is 0 Å². The van der Waals surface area contributed by atoms with Gasteiger partial charge in [0.25, 0.3) is 0 Å². The number of amidine groups is 1. The van der Waals surface area contributed by atoms with E-state index in [2.05, 4.69) is 23.1 Å². The fourth-order valence-corrected chi connectivity index (χ4v) is 1.79. The SMILES string of the molecule is CCc1ccc(-c2ccccc2/C(N)=N/N)nc1. The van der Waals surface area contributed by atoms with Crippen molar-refractivity contribution in [1.82, 2.24) is 4.98 Å². The van der Waals surface area contributed by atoms with Gasteiger partial charge in [-0.1, -0.05) is 37.3 Å². The van der Waals surface area contributed by atoms with Crippen LogP contribution < -0.4 is 11.6 Å². The van der Waals surface area contributed by atoms with Crippen LogP contribution in [0.2, 0.25) is 0 Å². The highest BCUT2D eigenvalue weighted by Crippen LogP contribution is 2.21. The van der Waals surface area contributed by atoms with Gasteiger partial charge in [0, 0.05) is 17.3 Å². The molecule has 0 aliphatic heterocycles. The fraction of sp³-hybridized carbons (Fsp3) is 0.143. The first kappa shape index (κ1) is 12.1. The van der Waals surface area contributed by atoms with Gasteiger partial charge >= 0.3 is 0 Å². The molecule has 0 unspecified atom stereocenters. The van der Waals surface area contributed by atoms with Crippen LogP contribution in [-0.4, -0.2) is 10.8 Å². The highest BCUT2D eigenvalue weighted by molar-refractivity contribution is 6.02. The van der Waals surface area contributed by atoms with Crippen LogP contribution in [0.1, 0.15) is 18.1 Å². The minimum Gasteiger partial charge on any atom is -0.382 e. The first-order valence-corrected chi connectivity index (χ1v) is 5.84. The second-order valence-corrected chi connectivity index (χ2v) is 3.97. The molecule has 0 atom stereocenters. The van der Waals surface area contributed by atoms with E-state index in [1.165, 1.54) is 5.56 Å². The van der Waals surface area contributed by atoms with Crippen LogP contribution in [0.25, 0.3) is 11.3 Å². The van der Waals surface area contributed by atoms with Gasteiger partial charge in [-0.05, 0) is 18.1 Å². The van der Waals surface area contributed by atoms with Gasteiger partial charge in [-0.25, -0.2) is 0 Å². The molecule has 0 saturated heterocycles. The lowest BCUT2D eigenvalue weighted by Gasteiger charge is -2.08. The molecule has 0 amide bonds. The third kappa shape index (κ3) is 2.32. The zero-order valence-corrected chi connectivity index (χ0v) is 10.3. The molecule has 4 nitrogen and oxygen atoms in total. The predicted octanol–water partition coefficient (Wildman–Crippen LogP) is 1.89. The van der Waals surface area contributed by atoms with Crippen LogP contribution in [0, 0.1) is 0 Å². The van der Waals surface area contributed by atoms with Crippen molar-refractivity contribution >= 4 is 5.84 Å². The average Bonchev–Trinajstić information content (AvgIpc) is 2.46. The van der Waals surface area contributed by atoms with Gasteiger partial charge in [0.15, 0.2) is 5.84 Å². The number of nitrogens with zero attached hydrogens (tertiary/aromatic N) is 2. The quantitative estimate of drug-likeness (QED) is 0.372. The minimum absolute atomic E-state index is 0.312. The molecule has 92 valence electrons. The van der Waals surface area contributed by atoms with E-state index in [1.54, 1.807) is 0 Å². The average molecular weight is 240 g/mol. The molecule has 0 fully saturated rings. The number of nitrogens with two attached hydrogens (primary N) is 2. The summed E-state index contributed by atoms with van der Waals surface area (Å²) < 4.78 is 0. The maximum atomic E-state index is 5.79. The first-order valence-electron chi connectivity index (χ1n) is 5.84. The lowest BCUT2D eigenvalue weighted by molar-refractivity contribution is 1.10. The van der Waals surface area contributed by atoms with Crippen LogP contribution in [0.15, 0.2) is 47.7 Å². The number of pyridine rings is 1. The fourth-order valence-electron chi connectivity index (χ4n) is 1.79. The van der Waals surface area contributed by atoms with Crippen molar-refractivity contribution < 1.29 is 0 Å². The summed E-state index contributed by atoms with van der Waals surface area (Å²) in [7, 11) is 0. The van der Waals surface area contributed by atoms with Crippen molar-refractivity contribution in [2.24, 2.45) is 16.7 Å². The number of aromatic nitrogens is 1. The summed E-state index contributed by atoms with van der Waals surface area (Å²) in [5, 5.41) is 3.55. The van der Waals surface area contributed by atoms with E-state index in [-0.39, 0.29) is 0 Å². The van der Waals surface area contributed by atoms with Crippen molar-refractivity contribution in [2.75, 3.05) is 0 Å². The van der Waals surface area contributed by atoms with E-state index in [1.807, 2.05) is 36.5 Å². The normalized spacial score (nSPS) is 11.5. The maximum absolute atomic E-state index is 5.79. The molecule has 2 rings (SSSR count). The largest absolute Gasteiger partial charge is 0.382 e. The molecule has 1 aromatic heterocycles. The molecule has 0 bridgehead atoms. The van der Waals surface area contributed by atoms with Gasteiger partial charge in [0.2, 0.25) is 0 Å². The molecule has 1 aromatic carbocycles. The van der Waals surface area contributed by atoms with Crippen molar-refractivity contribution in [3.8, 4) is 11.3 Å². The third-order valence-corrected chi connectivity index (χ3v) is 2.85. The van der Waals surface area contributed by atoms with E-state index >= 15 is 0 Å². The summed E-state index contributed by atoms with van der Waals surface area (Å²) in [6.45, 7) is 2.10. The van der Waals surface area contributed by atoms with Gasteiger partial charge in [-0.2, -0.15) is 5.10 Å². The van der Waals surface area contributed by atoms with Crippen LogP contribution in [0.4, 0.5) is 0 Å². The van der Waals surface area contributed by atoms with Crippen LogP contribution in [0.5, 0.6) is 0 Å². The first-order chi connectivity index (χ1) is 8.76. The Balaban J connectivity index is 2.49. The molecule has 1 heterocycles. The van der Waals surface area contributed by atoms with E-state index < -0.39 is 0 Å². The van der Waals surface area contributed by atoms with E-state index in [4.69, 9.17) is 11.6 Å². The number of hydrogen-bond donors (Lipinski definition) is 2. The molecule has 0 saturated carbocycles. The Morgan fingerprint density at radius 3 is 2.61 bits per heavy atom. The van der Waals surface area contributed by atoms with Crippen LogP contribution in [0.3, 0.4) is 0 Å². The standard InChI is InChI=1S/C14H16N4/c1-2-10-7-8-13(17-9-10)11-5-3-4-6-12(11)14(15)18-16/h3-9H,2,16H2,1H3,(H2,15,18). The third-order valence-electron chi connectivity index (χ3n) is 2.85. The molecule has 4 N–H and O–H groups in total. The monoisotopic (exact) mass is 240 g/mol. The van der Waals surface area contributed by atoms with Crippen molar-refractivity contribution in [1.29, 1.82) is 0 Å². The van der Waals surface area contributed by atoms with E-state index in [0.717, 1.165) is 23.2 Å². The van der Waals surface area contributed by atoms with Gasteiger partial charge < -0.3 is 11.6 Å². The molecule has 2 aromatic rings. The van der Waals surface area contributed by atoms with E-state index in [0.29, 0.717) is 5.84 Å². The van der Waals surface area contributed by atoms with Crippen molar-refractivity contribution in [3.05, 3.63) is 53.7 Å². The Labute approximate surface area is 106 Å². The summed E-state index contributed by atoms with van der Waals surface area (Å²) in [6.07, 6.45) is 2.85. The number of hydrazone groups is 1. The molecule has 0 radical (unpaired) electrons. The van der Waals surface area contributed by atoms with Gasteiger partial charge in [0.1, 0.15) is 0 Å². The Kier molecular flexibility index (Phi) is 3.57.